The largest absolute Gasteiger partial charge is 0.304 e. The van der Waals surface area contributed by atoms with Gasteiger partial charge in [-0.05, 0) is 39.3 Å². The quantitative estimate of drug-likeness (QED) is 0.837. The molecule has 0 amide bonds. The summed E-state index contributed by atoms with van der Waals surface area (Å²) in [5.41, 5.74) is 4.47. The zero-order chi connectivity index (χ0) is 14.7. The van der Waals surface area contributed by atoms with Gasteiger partial charge in [0, 0.05) is 17.6 Å². The predicted molar refractivity (Wildman–Crippen MR) is 82.3 cm³/mol. The van der Waals surface area contributed by atoms with Crippen LogP contribution in [-0.4, -0.2) is 0 Å². The van der Waals surface area contributed by atoms with E-state index in [1.807, 2.05) is 19.1 Å². The summed E-state index contributed by atoms with van der Waals surface area (Å²) in [4.78, 5) is 0. The first-order valence-corrected chi connectivity index (χ1v) is 7.06. The van der Waals surface area contributed by atoms with Gasteiger partial charge >= 0.3 is 0 Å². The van der Waals surface area contributed by atoms with Crippen molar-refractivity contribution in [2.75, 3.05) is 0 Å². The fourth-order valence-electron chi connectivity index (χ4n) is 2.65. The molecule has 1 N–H and O–H groups in total. The molecule has 2 rings (SSSR count). The molecule has 2 aromatic carbocycles. The third kappa shape index (κ3) is 3.45. The van der Waals surface area contributed by atoms with Crippen LogP contribution in [0.3, 0.4) is 0 Å². The van der Waals surface area contributed by atoms with Gasteiger partial charge in [0.05, 0.1) is 0 Å². The van der Waals surface area contributed by atoms with Gasteiger partial charge < -0.3 is 5.32 Å². The lowest BCUT2D eigenvalue weighted by atomic mass is 10.0. The van der Waals surface area contributed by atoms with Crippen LogP contribution < -0.4 is 5.32 Å². The van der Waals surface area contributed by atoms with Gasteiger partial charge in [0.2, 0.25) is 0 Å². The molecule has 20 heavy (non-hydrogen) atoms. The molecule has 0 aromatic heterocycles. The molecule has 2 heteroatoms. The summed E-state index contributed by atoms with van der Waals surface area (Å²) < 4.78 is 13.8. The summed E-state index contributed by atoms with van der Waals surface area (Å²) in [6, 6.07) is 13.6. The molecule has 0 aliphatic heterocycles. The highest BCUT2D eigenvalue weighted by molar-refractivity contribution is 5.31. The lowest BCUT2D eigenvalue weighted by Crippen LogP contribution is -2.23. The maximum absolute atomic E-state index is 13.8. The minimum absolute atomic E-state index is 0.0213. The number of halogens is 1. The zero-order valence-corrected chi connectivity index (χ0v) is 12.6. The Morgan fingerprint density at radius 2 is 1.50 bits per heavy atom. The fourth-order valence-corrected chi connectivity index (χ4v) is 2.65. The average molecular weight is 271 g/mol. The standard InChI is InChI=1S/C18H22FN/c1-12-9-13(2)11-16(10-12)14(3)20-15(4)17-7-5-6-8-18(17)19/h5-11,14-15,20H,1-4H3/t14?,15-/m1/s1. The molecule has 1 nitrogen and oxygen atoms in total. The van der Waals surface area contributed by atoms with Crippen molar-refractivity contribution in [3.8, 4) is 0 Å². The van der Waals surface area contributed by atoms with Gasteiger partial charge in [0.25, 0.3) is 0 Å². The van der Waals surface area contributed by atoms with Crippen molar-refractivity contribution >= 4 is 0 Å². The second kappa shape index (κ2) is 6.19. The van der Waals surface area contributed by atoms with Crippen LogP contribution in [0.15, 0.2) is 42.5 Å². The third-order valence-electron chi connectivity index (χ3n) is 3.62. The molecule has 0 heterocycles. The summed E-state index contributed by atoms with van der Waals surface area (Å²) in [5.74, 6) is -0.153. The van der Waals surface area contributed by atoms with E-state index >= 15 is 0 Å². The molecule has 1 unspecified atom stereocenters. The van der Waals surface area contributed by atoms with Crippen LogP contribution in [-0.2, 0) is 0 Å². The molecule has 0 saturated heterocycles. The van der Waals surface area contributed by atoms with Crippen LogP contribution in [0.4, 0.5) is 4.39 Å². The molecule has 0 radical (unpaired) electrons. The van der Waals surface area contributed by atoms with Crippen LogP contribution in [0, 0.1) is 19.7 Å². The molecule has 0 fully saturated rings. The second-order valence-electron chi connectivity index (χ2n) is 5.55. The van der Waals surface area contributed by atoms with Crippen LogP contribution >= 0.6 is 0 Å². The summed E-state index contributed by atoms with van der Waals surface area (Å²) in [7, 11) is 0. The van der Waals surface area contributed by atoms with Gasteiger partial charge in [-0.25, -0.2) is 4.39 Å². The molecule has 0 bridgehead atoms. The van der Waals surface area contributed by atoms with E-state index in [1.54, 1.807) is 6.07 Å². The Hall–Kier alpha value is -1.67. The molecule has 0 aliphatic carbocycles. The highest BCUT2D eigenvalue weighted by Gasteiger charge is 2.14. The number of nitrogens with one attached hydrogen (secondary N) is 1. The maximum atomic E-state index is 13.8. The number of hydrogen-bond acceptors (Lipinski definition) is 1. The molecular formula is C18H22FN. The first kappa shape index (κ1) is 14.7. The molecule has 0 saturated carbocycles. The zero-order valence-electron chi connectivity index (χ0n) is 12.6. The molecule has 0 spiro atoms. The van der Waals surface area contributed by atoms with Crippen molar-refractivity contribution in [1.29, 1.82) is 0 Å². The molecular weight excluding hydrogens is 249 g/mol. The van der Waals surface area contributed by atoms with Crippen LogP contribution in [0.1, 0.15) is 48.2 Å². The van der Waals surface area contributed by atoms with Crippen molar-refractivity contribution in [2.45, 2.75) is 39.8 Å². The SMILES string of the molecule is Cc1cc(C)cc(C(C)N[C@H](C)c2ccccc2F)c1. The van der Waals surface area contributed by atoms with Crippen molar-refractivity contribution in [3.63, 3.8) is 0 Å². The highest BCUT2D eigenvalue weighted by atomic mass is 19.1. The van der Waals surface area contributed by atoms with E-state index in [9.17, 15) is 4.39 Å². The topological polar surface area (TPSA) is 12.0 Å². The summed E-state index contributed by atoms with van der Waals surface area (Å²) in [6.45, 7) is 8.32. The van der Waals surface area contributed by atoms with Crippen molar-refractivity contribution in [3.05, 3.63) is 70.5 Å². The normalized spacial score (nSPS) is 14.1. The molecule has 2 aromatic rings. The van der Waals surface area contributed by atoms with Crippen molar-refractivity contribution in [2.24, 2.45) is 0 Å². The van der Waals surface area contributed by atoms with Gasteiger partial charge in [-0.15, -0.1) is 0 Å². The average Bonchev–Trinajstić information content (AvgIpc) is 2.37. The van der Waals surface area contributed by atoms with Gasteiger partial charge in [-0.3, -0.25) is 0 Å². The number of hydrogen-bond donors (Lipinski definition) is 1. The minimum Gasteiger partial charge on any atom is -0.304 e. The van der Waals surface area contributed by atoms with E-state index in [0.29, 0.717) is 5.56 Å². The predicted octanol–water partition coefficient (Wildman–Crippen LogP) is 4.85. The van der Waals surface area contributed by atoms with E-state index in [4.69, 9.17) is 0 Å². The van der Waals surface area contributed by atoms with E-state index in [0.717, 1.165) is 0 Å². The van der Waals surface area contributed by atoms with E-state index in [-0.39, 0.29) is 17.9 Å². The molecule has 106 valence electrons. The van der Waals surface area contributed by atoms with Crippen molar-refractivity contribution in [1.82, 2.24) is 5.32 Å². The molecule has 2 atom stereocenters. The van der Waals surface area contributed by atoms with Crippen molar-refractivity contribution < 1.29 is 4.39 Å². The summed E-state index contributed by atoms with van der Waals surface area (Å²) in [6.07, 6.45) is 0. The third-order valence-corrected chi connectivity index (χ3v) is 3.62. The van der Waals surface area contributed by atoms with Gasteiger partial charge in [-0.1, -0.05) is 47.5 Å². The molecule has 0 aliphatic rings. The first-order chi connectivity index (χ1) is 9.47. The van der Waals surface area contributed by atoms with Gasteiger partial charge in [0.15, 0.2) is 0 Å². The Balaban J connectivity index is 2.15. The Morgan fingerprint density at radius 1 is 0.900 bits per heavy atom. The Labute approximate surface area is 120 Å². The van der Waals surface area contributed by atoms with E-state index in [1.165, 1.54) is 22.8 Å². The fraction of sp³-hybridized carbons (Fsp3) is 0.333. The lowest BCUT2D eigenvalue weighted by Gasteiger charge is -2.22. The smallest absolute Gasteiger partial charge is 0.127 e. The second-order valence-corrected chi connectivity index (χ2v) is 5.55. The number of benzene rings is 2. The number of rotatable bonds is 4. The minimum atomic E-state index is -0.153. The summed E-state index contributed by atoms with van der Waals surface area (Å²) in [5, 5.41) is 3.47. The number of aryl methyl sites for hydroxylation is 2. The monoisotopic (exact) mass is 271 g/mol. The summed E-state index contributed by atoms with van der Waals surface area (Å²) >= 11 is 0. The lowest BCUT2D eigenvalue weighted by molar-refractivity contribution is 0.473. The van der Waals surface area contributed by atoms with Crippen LogP contribution in [0.2, 0.25) is 0 Å². The van der Waals surface area contributed by atoms with Crippen LogP contribution in [0.25, 0.3) is 0 Å². The van der Waals surface area contributed by atoms with Gasteiger partial charge in [-0.2, -0.15) is 0 Å². The van der Waals surface area contributed by atoms with E-state index < -0.39 is 0 Å². The maximum Gasteiger partial charge on any atom is 0.127 e. The first-order valence-electron chi connectivity index (χ1n) is 7.06. The van der Waals surface area contributed by atoms with E-state index in [2.05, 4.69) is 44.3 Å². The van der Waals surface area contributed by atoms with Crippen LogP contribution in [0.5, 0.6) is 0 Å². The Kier molecular flexibility index (Phi) is 4.56. The Morgan fingerprint density at radius 3 is 2.10 bits per heavy atom. The Bertz CT molecular complexity index is 571. The van der Waals surface area contributed by atoms with Gasteiger partial charge in [0.1, 0.15) is 5.82 Å². The highest BCUT2D eigenvalue weighted by Crippen LogP contribution is 2.22.